The smallest absolute Gasteiger partial charge is 0.303 e. The normalized spacial score (nSPS) is 11.8. The number of amides is 1. The van der Waals surface area contributed by atoms with Crippen LogP contribution in [0.2, 0.25) is 0 Å². The van der Waals surface area contributed by atoms with Crippen LogP contribution < -0.4 is 10.1 Å². The van der Waals surface area contributed by atoms with E-state index < -0.39 is 5.97 Å². The second kappa shape index (κ2) is 8.37. The van der Waals surface area contributed by atoms with E-state index in [1.807, 2.05) is 32.0 Å². The van der Waals surface area contributed by atoms with Gasteiger partial charge in [-0.2, -0.15) is 0 Å². The lowest BCUT2D eigenvalue weighted by Crippen LogP contribution is -2.28. The summed E-state index contributed by atoms with van der Waals surface area (Å²) >= 11 is 0. The first-order chi connectivity index (χ1) is 11.8. The third kappa shape index (κ3) is 5.67. The van der Waals surface area contributed by atoms with Gasteiger partial charge in [-0.15, -0.1) is 0 Å². The Hall–Kier alpha value is -2.76. The fourth-order valence-corrected chi connectivity index (χ4v) is 2.41. The number of furan rings is 1. The number of carbonyl (C=O) groups excluding carboxylic acids is 1. The Bertz CT molecular complexity index is 750. The van der Waals surface area contributed by atoms with Crippen molar-refractivity contribution in [3.63, 3.8) is 0 Å². The Morgan fingerprint density at radius 1 is 1.24 bits per heavy atom. The van der Waals surface area contributed by atoms with Gasteiger partial charge in [-0.3, -0.25) is 9.59 Å². The third-order valence-corrected chi connectivity index (χ3v) is 3.72. The maximum atomic E-state index is 12.0. The lowest BCUT2D eigenvalue weighted by Gasteiger charge is -2.09. The lowest BCUT2D eigenvalue weighted by molar-refractivity contribution is -0.137. The Balaban J connectivity index is 1.86. The molecule has 1 aromatic carbocycles. The van der Waals surface area contributed by atoms with Gasteiger partial charge >= 0.3 is 5.97 Å². The molecule has 6 nitrogen and oxygen atoms in total. The van der Waals surface area contributed by atoms with E-state index in [4.69, 9.17) is 14.3 Å². The van der Waals surface area contributed by atoms with Crippen LogP contribution in [0, 0.1) is 19.8 Å². The fraction of sp³-hybridized carbons (Fsp3) is 0.368. The summed E-state index contributed by atoms with van der Waals surface area (Å²) in [5.41, 5.74) is 2.20. The number of carboxylic acids is 1. The summed E-state index contributed by atoms with van der Waals surface area (Å²) in [4.78, 5) is 22.6. The predicted octanol–water partition coefficient (Wildman–Crippen LogP) is 3.32. The second-order valence-electron chi connectivity index (χ2n) is 6.24. The molecule has 1 atom stereocenters. The molecule has 25 heavy (non-hydrogen) atoms. The summed E-state index contributed by atoms with van der Waals surface area (Å²) < 4.78 is 11.2. The summed E-state index contributed by atoms with van der Waals surface area (Å²) in [5.74, 6) is 0.102. The molecule has 0 spiro atoms. The van der Waals surface area contributed by atoms with E-state index >= 15 is 0 Å². The van der Waals surface area contributed by atoms with Crippen LogP contribution in [0.4, 0.5) is 0 Å². The van der Waals surface area contributed by atoms with Crippen molar-refractivity contribution in [1.29, 1.82) is 0 Å². The Labute approximate surface area is 146 Å². The van der Waals surface area contributed by atoms with E-state index in [1.165, 1.54) is 5.56 Å². The minimum atomic E-state index is -0.884. The molecule has 2 rings (SSSR count). The van der Waals surface area contributed by atoms with Gasteiger partial charge in [0.1, 0.15) is 18.1 Å². The molecule has 0 aliphatic carbocycles. The summed E-state index contributed by atoms with van der Waals surface area (Å²) in [5, 5.41) is 11.4. The van der Waals surface area contributed by atoms with Gasteiger partial charge in [-0.25, -0.2) is 0 Å². The molecular weight excluding hydrogens is 322 g/mol. The number of hydrogen-bond donors (Lipinski definition) is 2. The number of ether oxygens (including phenoxy) is 1. The largest absolute Gasteiger partial charge is 0.485 e. The van der Waals surface area contributed by atoms with Crippen LogP contribution in [0.15, 0.2) is 34.7 Å². The first-order valence-electron chi connectivity index (χ1n) is 8.14. The summed E-state index contributed by atoms with van der Waals surface area (Å²) in [7, 11) is 0. The summed E-state index contributed by atoms with van der Waals surface area (Å²) in [6.45, 7) is 6.26. The van der Waals surface area contributed by atoms with E-state index in [9.17, 15) is 9.59 Å². The third-order valence-electron chi connectivity index (χ3n) is 3.72. The molecule has 0 aliphatic rings. The zero-order valence-corrected chi connectivity index (χ0v) is 14.7. The molecule has 1 unspecified atom stereocenters. The first kappa shape index (κ1) is 18.6. The van der Waals surface area contributed by atoms with Crippen LogP contribution in [-0.4, -0.2) is 23.5 Å². The molecule has 6 heteroatoms. The van der Waals surface area contributed by atoms with Crippen molar-refractivity contribution in [2.24, 2.45) is 5.92 Å². The Kier molecular flexibility index (Phi) is 6.22. The van der Waals surface area contributed by atoms with Crippen LogP contribution in [0.1, 0.15) is 40.8 Å². The first-order valence-corrected chi connectivity index (χ1v) is 8.14. The van der Waals surface area contributed by atoms with Gasteiger partial charge in [0.2, 0.25) is 0 Å². The number of hydrogen-bond acceptors (Lipinski definition) is 4. The highest BCUT2D eigenvalue weighted by atomic mass is 16.5. The number of benzene rings is 1. The van der Waals surface area contributed by atoms with Crippen molar-refractivity contribution in [2.45, 2.75) is 33.8 Å². The van der Waals surface area contributed by atoms with Crippen LogP contribution in [-0.2, 0) is 11.4 Å². The number of aliphatic carboxylic acids is 1. The van der Waals surface area contributed by atoms with Crippen molar-refractivity contribution in [1.82, 2.24) is 5.32 Å². The van der Waals surface area contributed by atoms with Gasteiger partial charge in [-0.05, 0) is 43.5 Å². The van der Waals surface area contributed by atoms with Crippen molar-refractivity contribution >= 4 is 11.9 Å². The van der Waals surface area contributed by atoms with Crippen LogP contribution in [0.25, 0.3) is 0 Å². The Morgan fingerprint density at radius 2 is 2.00 bits per heavy atom. The zero-order chi connectivity index (χ0) is 18.4. The number of aryl methyl sites for hydroxylation is 2. The fourth-order valence-electron chi connectivity index (χ4n) is 2.41. The molecule has 2 aromatic rings. The highest BCUT2D eigenvalue weighted by Crippen LogP contribution is 2.20. The number of rotatable bonds is 8. The van der Waals surface area contributed by atoms with Gasteiger partial charge in [-0.1, -0.05) is 24.6 Å². The topological polar surface area (TPSA) is 88.8 Å². The standard InChI is InChI=1S/C19H23NO5/c1-12-4-6-16(14(3)8-12)24-11-15-5-7-17(25-15)19(23)20-10-13(2)9-18(21)22/h4-8,13H,9-11H2,1-3H3,(H,20,23)(H,21,22). The second-order valence-corrected chi connectivity index (χ2v) is 6.24. The molecule has 0 aliphatic heterocycles. The monoisotopic (exact) mass is 345 g/mol. The molecule has 1 aromatic heterocycles. The van der Waals surface area contributed by atoms with Gasteiger partial charge in [0.05, 0.1) is 0 Å². The molecular formula is C19H23NO5. The molecule has 1 amide bonds. The average molecular weight is 345 g/mol. The van der Waals surface area contributed by atoms with Crippen molar-refractivity contribution in [3.8, 4) is 5.75 Å². The molecule has 0 radical (unpaired) electrons. The molecule has 2 N–H and O–H groups in total. The van der Waals surface area contributed by atoms with Crippen LogP contribution in [0.5, 0.6) is 5.75 Å². The molecule has 0 fully saturated rings. The number of carboxylic acid groups (broad SMARTS) is 1. The lowest BCUT2D eigenvalue weighted by atomic mass is 10.1. The highest BCUT2D eigenvalue weighted by molar-refractivity contribution is 5.91. The molecule has 0 saturated heterocycles. The maximum absolute atomic E-state index is 12.0. The predicted molar refractivity (Wildman–Crippen MR) is 92.7 cm³/mol. The van der Waals surface area contributed by atoms with Gasteiger partial charge in [0, 0.05) is 13.0 Å². The summed E-state index contributed by atoms with van der Waals surface area (Å²) in [6, 6.07) is 9.19. The zero-order valence-electron chi connectivity index (χ0n) is 14.7. The van der Waals surface area contributed by atoms with E-state index in [-0.39, 0.29) is 37.2 Å². The van der Waals surface area contributed by atoms with E-state index in [0.717, 1.165) is 11.3 Å². The quantitative estimate of drug-likeness (QED) is 0.766. The van der Waals surface area contributed by atoms with Crippen molar-refractivity contribution in [3.05, 3.63) is 53.0 Å². The average Bonchev–Trinajstić information content (AvgIpc) is 3.00. The minimum Gasteiger partial charge on any atom is -0.485 e. The minimum absolute atomic E-state index is 0.00737. The summed E-state index contributed by atoms with van der Waals surface area (Å²) in [6.07, 6.45) is 0.00737. The molecule has 0 saturated carbocycles. The van der Waals surface area contributed by atoms with Crippen LogP contribution >= 0.6 is 0 Å². The Morgan fingerprint density at radius 3 is 2.68 bits per heavy atom. The van der Waals surface area contributed by atoms with Crippen molar-refractivity contribution < 1.29 is 23.8 Å². The molecule has 0 bridgehead atoms. The van der Waals surface area contributed by atoms with E-state index in [1.54, 1.807) is 19.1 Å². The SMILES string of the molecule is Cc1ccc(OCc2ccc(C(=O)NCC(C)CC(=O)O)o2)c(C)c1. The number of carbonyl (C=O) groups is 2. The molecule has 1 heterocycles. The van der Waals surface area contributed by atoms with Gasteiger partial charge in [0.15, 0.2) is 5.76 Å². The van der Waals surface area contributed by atoms with E-state index in [2.05, 4.69) is 5.32 Å². The number of nitrogens with one attached hydrogen (secondary N) is 1. The van der Waals surface area contributed by atoms with Gasteiger partial charge < -0.3 is 19.6 Å². The van der Waals surface area contributed by atoms with E-state index in [0.29, 0.717) is 5.76 Å². The van der Waals surface area contributed by atoms with Gasteiger partial charge in [0.25, 0.3) is 5.91 Å². The molecule has 134 valence electrons. The highest BCUT2D eigenvalue weighted by Gasteiger charge is 2.14. The maximum Gasteiger partial charge on any atom is 0.303 e. The van der Waals surface area contributed by atoms with Crippen molar-refractivity contribution in [2.75, 3.05) is 6.54 Å². The van der Waals surface area contributed by atoms with Crippen LogP contribution in [0.3, 0.4) is 0 Å².